The number of nitrogens with one attached hydrogen (secondary N) is 1. The van der Waals surface area contributed by atoms with Crippen LogP contribution in [0, 0.1) is 11.3 Å². The molecule has 0 aliphatic carbocycles. The van der Waals surface area contributed by atoms with Gasteiger partial charge in [-0.05, 0) is 47.0 Å². The zero-order valence-corrected chi connectivity index (χ0v) is 11.7. The zero-order chi connectivity index (χ0) is 12.9. The summed E-state index contributed by atoms with van der Waals surface area (Å²) in [6, 6.07) is 3.04. The maximum Gasteiger partial charge on any atom is 0.116 e. The fourth-order valence-electron chi connectivity index (χ4n) is 2.56. The summed E-state index contributed by atoms with van der Waals surface area (Å²) in [5.74, 6) is 0. The third-order valence-corrected chi connectivity index (χ3v) is 3.56. The van der Waals surface area contributed by atoms with E-state index in [1.165, 1.54) is 12.8 Å². The van der Waals surface area contributed by atoms with Gasteiger partial charge in [0.1, 0.15) is 5.54 Å². The highest BCUT2D eigenvalue weighted by Gasteiger charge is 2.29. The number of likely N-dealkylation sites (tertiary alicyclic amines) is 1. The second-order valence-electron chi connectivity index (χ2n) is 5.47. The van der Waals surface area contributed by atoms with Crippen molar-refractivity contribution in [2.45, 2.75) is 38.3 Å². The first kappa shape index (κ1) is 14.4. The minimum atomic E-state index is -0.414. The van der Waals surface area contributed by atoms with Crippen LogP contribution >= 0.6 is 0 Å². The quantitative estimate of drug-likeness (QED) is 0.773. The SMILES string of the molecule is CCNC(C)(C#N)CN1CCCC(N(C)C)C1. The minimum absolute atomic E-state index is 0.414. The number of hydrogen-bond donors (Lipinski definition) is 1. The zero-order valence-electron chi connectivity index (χ0n) is 11.7. The molecular formula is C13H26N4. The van der Waals surface area contributed by atoms with Crippen LogP contribution in [0.5, 0.6) is 0 Å². The van der Waals surface area contributed by atoms with E-state index in [-0.39, 0.29) is 0 Å². The molecule has 98 valence electrons. The van der Waals surface area contributed by atoms with Gasteiger partial charge in [0.05, 0.1) is 6.07 Å². The molecule has 0 radical (unpaired) electrons. The van der Waals surface area contributed by atoms with E-state index in [2.05, 4.69) is 42.2 Å². The van der Waals surface area contributed by atoms with Gasteiger partial charge in [-0.2, -0.15) is 5.26 Å². The molecule has 1 fully saturated rings. The topological polar surface area (TPSA) is 42.3 Å². The maximum atomic E-state index is 9.27. The first-order valence-corrected chi connectivity index (χ1v) is 6.56. The van der Waals surface area contributed by atoms with Crippen molar-refractivity contribution < 1.29 is 0 Å². The van der Waals surface area contributed by atoms with Crippen LogP contribution in [-0.4, -0.2) is 61.7 Å². The van der Waals surface area contributed by atoms with E-state index >= 15 is 0 Å². The van der Waals surface area contributed by atoms with Crippen molar-refractivity contribution in [3.05, 3.63) is 0 Å². The average Bonchev–Trinajstić information content (AvgIpc) is 2.29. The predicted octanol–water partition coefficient (Wildman–Crippen LogP) is 0.904. The number of rotatable bonds is 5. The number of nitriles is 1. The highest BCUT2D eigenvalue weighted by molar-refractivity contribution is 5.06. The Bertz CT molecular complexity index is 271. The van der Waals surface area contributed by atoms with Crippen molar-refractivity contribution in [3.8, 4) is 6.07 Å². The highest BCUT2D eigenvalue weighted by atomic mass is 15.2. The Labute approximate surface area is 106 Å². The van der Waals surface area contributed by atoms with E-state index in [9.17, 15) is 5.26 Å². The van der Waals surface area contributed by atoms with Gasteiger partial charge in [-0.15, -0.1) is 0 Å². The van der Waals surface area contributed by atoms with Gasteiger partial charge in [0.15, 0.2) is 0 Å². The first-order chi connectivity index (χ1) is 8.00. The van der Waals surface area contributed by atoms with Crippen LogP contribution in [0.4, 0.5) is 0 Å². The van der Waals surface area contributed by atoms with Crippen molar-refractivity contribution in [1.82, 2.24) is 15.1 Å². The van der Waals surface area contributed by atoms with Crippen LogP contribution in [0.2, 0.25) is 0 Å². The minimum Gasteiger partial charge on any atom is -0.305 e. The molecule has 0 bridgehead atoms. The molecule has 2 unspecified atom stereocenters. The highest BCUT2D eigenvalue weighted by Crippen LogP contribution is 2.16. The first-order valence-electron chi connectivity index (χ1n) is 6.56. The van der Waals surface area contributed by atoms with Crippen molar-refractivity contribution >= 4 is 0 Å². The average molecular weight is 238 g/mol. The molecule has 2 atom stereocenters. The number of likely N-dealkylation sites (N-methyl/N-ethyl adjacent to an activating group) is 2. The van der Waals surface area contributed by atoms with Gasteiger partial charge in [0, 0.05) is 19.1 Å². The van der Waals surface area contributed by atoms with Crippen LogP contribution in [0.25, 0.3) is 0 Å². The second-order valence-corrected chi connectivity index (χ2v) is 5.47. The molecule has 0 aromatic rings. The Hall–Kier alpha value is -0.630. The van der Waals surface area contributed by atoms with Crippen LogP contribution in [0.15, 0.2) is 0 Å². The molecule has 0 aromatic carbocycles. The molecule has 1 aliphatic heterocycles. The van der Waals surface area contributed by atoms with E-state index in [0.717, 1.165) is 26.2 Å². The molecule has 4 nitrogen and oxygen atoms in total. The van der Waals surface area contributed by atoms with E-state index in [0.29, 0.717) is 6.04 Å². The van der Waals surface area contributed by atoms with Crippen molar-refractivity contribution in [2.24, 2.45) is 0 Å². The number of nitrogens with zero attached hydrogens (tertiary/aromatic N) is 3. The van der Waals surface area contributed by atoms with E-state index < -0.39 is 5.54 Å². The lowest BCUT2D eigenvalue weighted by Gasteiger charge is -2.39. The van der Waals surface area contributed by atoms with E-state index in [1.54, 1.807) is 0 Å². The van der Waals surface area contributed by atoms with Gasteiger partial charge in [0.2, 0.25) is 0 Å². The van der Waals surface area contributed by atoms with Crippen LogP contribution < -0.4 is 5.32 Å². The fourth-order valence-corrected chi connectivity index (χ4v) is 2.56. The molecule has 1 heterocycles. The fraction of sp³-hybridized carbons (Fsp3) is 0.923. The molecule has 0 spiro atoms. The van der Waals surface area contributed by atoms with Gasteiger partial charge in [-0.3, -0.25) is 10.2 Å². The maximum absolute atomic E-state index is 9.27. The molecule has 1 rings (SSSR count). The van der Waals surface area contributed by atoms with Gasteiger partial charge < -0.3 is 4.90 Å². The molecule has 1 N–H and O–H groups in total. The number of piperidine rings is 1. The molecule has 0 amide bonds. The van der Waals surface area contributed by atoms with Crippen molar-refractivity contribution in [2.75, 3.05) is 40.3 Å². The lowest BCUT2D eigenvalue weighted by Crippen LogP contribution is -2.54. The summed E-state index contributed by atoms with van der Waals surface area (Å²) >= 11 is 0. The van der Waals surface area contributed by atoms with Gasteiger partial charge in [0.25, 0.3) is 0 Å². The smallest absolute Gasteiger partial charge is 0.116 e. The molecule has 1 aliphatic rings. The second kappa shape index (κ2) is 6.34. The van der Waals surface area contributed by atoms with Crippen LogP contribution in [-0.2, 0) is 0 Å². The third kappa shape index (κ3) is 4.27. The predicted molar refractivity (Wildman–Crippen MR) is 70.8 cm³/mol. The Morgan fingerprint density at radius 2 is 2.24 bits per heavy atom. The molecule has 0 saturated carbocycles. The van der Waals surface area contributed by atoms with Gasteiger partial charge in [-0.1, -0.05) is 6.92 Å². The van der Waals surface area contributed by atoms with Gasteiger partial charge in [-0.25, -0.2) is 0 Å². The standard InChI is InChI=1S/C13H26N4/c1-5-15-13(2,10-14)11-17-8-6-7-12(9-17)16(3)4/h12,15H,5-9,11H2,1-4H3. The molecule has 4 heteroatoms. The molecular weight excluding hydrogens is 212 g/mol. The summed E-state index contributed by atoms with van der Waals surface area (Å²) in [4.78, 5) is 4.71. The Morgan fingerprint density at radius 3 is 2.76 bits per heavy atom. The Morgan fingerprint density at radius 1 is 1.53 bits per heavy atom. The Balaban J connectivity index is 2.53. The number of hydrogen-bond acceptors (Lipinski definition) is 4. The monoisotopic (exact) mass is 238 g/mol. The summed E-state index contributed by atoms with van der Waals surface area (Å²) in [6.45, 7) is 7.91. The molecule has 17 heavy (non-hydrogen) atoms. The summed E-state index contributed by atoms with van der Waals surface area (Å²) in [5, 5.41) is 12.6. The van der Waals surface area contributed by atoms with Crippen molar-refractivity contribution in [1.29, 1.82) is 5.26 Å². The summed E-state index contributed by atoms with van der Waals surface area (Å²) in [5.41, 5.74) is -0.414. The normalized spacial score (nSPS) is 25.5. The molecule has 1 saturated heterocycles. The largest absolute Gasteiger partial charge is 0.305 e. The molecule has 0 aromatic heterocycles. The van der Waals surface area contributed by atoms with E-state index in [1.807, 2.05) is 6.92 Å². The van der Waals surface area contributed by atoms with Crippen LogP contribution in [0.1, 0.15) is 26.7 Å². The van der Waals surface area contributed by atoms with Crippen LogP contribution in [0.3, 0.4) is 0 Å². The summed E-state index contributed by atoms with van der Waals surface area (Å²) in [6.07, 6.45) is 2.50. The Kier molecular flexibility index (Phi) is 5.38. The lowest BCUT2D eigenvalue weighted by atomic mass is 9.99. The third-order valence-electron chi connectivity index (χ3n) is 3.56. The summed E-state index contributed by atoms with van der Waals surface area (Å²) < 4.78 is 0. The lowest BCUT2D eigenvalue weighted by molar-refractivity contribution is 0.116. The van der Waals surface area contributed by atoms with Gasteiger partial charge >= 0.3 is 0 Å². The van der Waals surface area contributed by atoms with Crippen molar-refractivity contribution in [3.63, 3.8) is 0 Å². The van der Waals surface area contributed by atoms with E-state index in [4.69, 9.17) is 0 Å². The summed E-state index contributed by atoms with van der Waals surface area (Å²) in [7, 11) is 4.28.